The highest BCUT2D eigenvalue weighted by Crippen LogP contribution is 2.46. The molecule has 3 heteroatoms. The lowest BCUT2D eigenvalue weighted by Crippen LogP contribution is -2.54. The van der Waals surface area contributed by atoms with E-state index in [2.05, 4.69) is 50.5 Å². The van der Waals surface area contributed by atoms with E-state index in [4.69, 9.17) is 23.2 Å². The second-order valence-electron chi connectivity index (χ2n) is 8.75. The van der Waals surface area contributed by atoms with E-state index in [1.165, 1.54) is 47.7 Å². The van der Waals surface area contributed by atoms with Crippen LogP contribution >= 0.6 is 23.2 Å². The second-order valence-corrected chi connectivity index (χ2v) is 9.62. The Morgan fingerprint density at radius 1 is 0.885 bits per heavy atom. The minimum absolute atomic E-state index is 0.366. The monoisotopic (exact) mass is 388 g/mol. The number of hydrogen-bond donors (Lipinski definition) is 0. The summed E-state index contributed by atoms with van der Waals surface area (Å²) in [5, 5.41) is 1.63. The van der Waals surface area contributed by atoms with Gasteiger partial charge in [-0.05, 0) is 47.7 Å². The Morgan fingerprint density at radius 3 is 1.85 bits per heavy atom. The quantitative estimate of drug-likeness (QED) is 0.522. The molecule has 0 radical (unpaired) electrons. The molecule has 2 atom stereocenters. The van der Waals surface area contributed by atoms with Crippen LogP contribution in [-0.4, -0.2) is 30.7 Å². The number of quaternary nitrogens is 1. The van der Waals surface area contributed by atoms with Crippen molar-refractivity contribution < 1.29 is 4.48 Å². The molecule has 1 nitrogen and oxygen atoms in total. The van der Waals surface area contributed by atoms with Crippen LogP contribution in [0.3, 0.4) is 0 Å². The van der Waals surface area contributed by atoms with Crippen molar-refractivity contribution in [3.8, 4) is 0 Å². The van der Waals surface area contributed by atoms with E-state index in [-0.39, 0.29) is 0 Å². The van der Waals surface area contributed by atoms with E-state index in [0.29, 0.717) is 5.92 Å². The van der Waals surface area contributed by atoms with E-state index in [0.717, 1.165) is 28.0 Å². The number of benzene rings is 2. The molecule has 2 unspecified atom stereocenters. The van der Waals surface area contributed by atoms with Crippen molar-refractivity contribution in [3.05, 3.63) is 69.7 Å². The highest BCUT2D eigenvalue weighted by Gasteiger charge is 2.48. The molecule has 26 heavy (non-hydrogen) atoms. The van der Waals surface area contributed by atoms with Crippen LogP contribution in [0.1, 0.15) is 49.1 Å². The summed E-state index contributed by atoms with van der Waals surface area (Å²) in [5.74, 6) is 1.15. The highest BCUT2D eigenvalue weighted by molar-refractivity contribution is 6.31. The zero-order valence-corrected chi connectivity index (χ0v) is 17.2. The zero-order valence-electron chi connectivity index (χ0n) is 15.7. The lowest BCUT2D eigenvalue weighted by atomic mass is 9.78. The van der Waals surface area contributed by atoms with E-state index >= 15 is 0 Å². The van der Waals surface area contributed by atoms with Gasteiger partial charge in [-0.2, -0.15) is 0 Å². The molecule has 2 aromatic carbocycles. The first-order valence-electron chi connectivity index (χ1n) is 9.77. The Labute approximate surface area is 167 Å². The van der Waals surface area contributed by atoms with Gasteiger partial charge in [0.25, 0.3) is 0 Å². The molecule has 2 saturated heterocycles. The van der Waals surface area contributed by atoms with Crippen molar-refractivity contribution in [2.45, 2.75) is 50.1 Å². The van der Waals surface area contributed by atoms with Gasteiger partial charge in [0.2, 0.25) is 0 Å². The van der Waals surface area contributed by atoms with Crippen LogP contribution in [0.4, 0.5) is 0 Å². The number of fused-ring (bicyclic) bond motifs is 2. The average Bonchev–Trinajstić information content (AvgIpc) is 2.77. The summed E-state index contributed by atoms with van der Waals surface area (Å²) < 4.78 is 1.23. The summed E-state index contributed by atoms with van der Waals surface area (Å²) in [4.78, 5) is 0. The number of rotatable bonds is 4. The first-order chi connectivity index (χ1) is 12.4. The van der Waals surface area contributed by atoms with E-state index in [9.17, 15) is 0 Å². The highest BCUT2D eigenvalue weighted by atomic mass is 35.5. The molecule has 0 N–H and O–H groups in total. The van der Waals surface area contributed by atoms with Crippen molar-refractivity contribution in [2.24, 2.45) is 5.92 Å². The summed E-state index contributed by atoms with van der Waals surface area (Å²) in [6.45, 7) is 0. The predicted molar refractivity (Wildman–Crippen MR) is 111 cm³/mol. The SMILES string of the molecule is C[N+]1(C)C2CCC1CC(CC(c1cccc(Cl)c1)c1cccc(Cl)c1)C2. The third kappa shape index (κ3) is 3.54. The first kappa shape index (κ1) is 18.3. The number of nitrogens with zero attached hydrogens (tertiary/aromatic N) is 1. The molecule has 0 aliphatic carbocycles. The molecule has 0 amide bonds. The second kappa shape index (κ2) is 7.19. The van der Waals surface area contributed by atoms with Crippen molar-refractivity contribution in [1.29, 1.82) is 0 Å². The van der Waals surface area contributed by atoms with Crippen LogP contribution in [-0.2, 0) is 0 Å². The van der Waals surface area contributed by atoms with Crippen LogP contribution in [0.25, 0.3) is 0 Å². The predicted octanol–water partition coefficient (Wildman–Crippen LogP) is 6.53. The van der Waals surface area contributed by atoms with Gasteiger partial charge in [0.05, 0.1) is 26.2 Å². The lowest BCUT2D eigenvalue weighted by Gasteiger charge is -2.45. The molecule has 2 heterocycles. The number of hydrogen-bond acceptors (Lipinski definition) is 0. The standard InChI is InChI=1S/C23H28Cl2N/c1-26(2)21-9-10-22(26)12-16(11-21)13-23(17-5-3-7-19(24)14-17)18-6-4-8-20(25)15-18/h3-8,14-16,21-23H,9-13H2,1-2H3/q+1. The maximum absolute atomic E-state index is 6.32. The smallest absolute Gasteiger partial charge is 0.0893 e. The summed E-state index contributed by atoms with van der Waals surface area (Å²) in [5.41, 5.74) is 2.62. The maximum atomic E-state index is 6.32. The molecular weight excluding hydrogens is 361 g/mol. The summed E-state index contributed by atoms with van der Waals surface area (Å²) in [6, 6.07) is 18.4. The molecule has 4 rings (SSSR count). The molecule has 0 aromatic heterocycles. The van der Waals surface area contributed by atoms with Gasteiger partial charge in [-0.15, -0.1) is 0 Å². The first-order valence-corrected chi connectivity index (χ1v) is 10.5. The molecule has 0 spiro atoms. The van der Waals surface area contributed by atoms with Crippen LogP contribution in [0.2, 0.25) is 10.0 Å². The normalized spacial score (nSPS) is 27.0. The molecular formula is C23H28Cl2N+. The van der Waals surface area contributed by atoms with Crippen LogP contribution in [0, 0.1) is 5.92 Å². The molecule has 2 bridgehead atoms. The molecule has 2 fully saturated rings. The van der Waals surface area contributed by atoms with Gasteiger partial charge in [-0.3, -0.25) is 0 Å². The van der Waals surface area contributed by atoms with E-state index < -0.39 is 0 Å². The van der Waals surface area contributed by atoms with Gasteiger partial charge in [-0.1, -0.05) is 47.5 Å². The Balaban J connectivity index is 1.62. The van der Waals surface area contributed by atoms with Gasteiger partial charge in [0.1, 0.15) is 0 Å². The average molecular weight is 389 g/mol. The topological polar surface area (TPSA) is 0 Å². The van der Waals surface area contributed by atoms with Gasteiger partial charge in [-0.25, -0.2) is 0 Å². The third-order valence-corrected chi connectivity index (χ3v) is 7.47. The van der Waals surface area contributed by atoms with Gasteiger partial charge in [0, 0.05) is 41.6 Å². The Kier molecular flexibility index (Phi) is 5.07. The lowest BCUT2D eigenvalue weighted by molar-refractivity contribution is -0.931. The van der Waals surface area contributed by atoms with Gasteiger partial charge < -0.3 is 4.48 Å². The number of piperidine rings is 1. The van der Waals surface area contributed by atoms with Crippen molar-refractivity contribution >= 4 is 23.2 Å². The van der Waals surface area contributed by atoms with Crippen LogP contribution in [0.5, 0.6) is 0 Å². The maximum Gasteiger partial charge on any atom is 0.0893 e. The Morgan fingerprint density at radius 2 is 1.38 bits per heavy atom. The fourth-order valence-corrected chi connectivity index (χ4v) is 5.83. The summed E-state index contributed by atoms with van der Waals surface area (Å²) >= 11 is 12.6. The molecule has 2 aromatic rings. The van der Waals surface area contributed by atoms with Gasteiger partial charge in [0.15, 0.2) is 0 Å². The summed E-state index contributed by atoms with van der Waals surface area (Å²) in [7, 11) is 4.87. The molecule has 2 aliphatic heterocycles. The zero-order chi connectivity index (χ0) is 18.3. The van der Waals surface area contributed by atoms with Crippen molar-refractivity contribution in [2.75, 3.05) is 14.1 Å². The fourth-order valence-electron chi connectivity index (χ4n) is 5.43. The minimum atomic E-state index is 0.366. The fraction of sp³-hybridized carbons (Fsp3) is 0.478. The molecule has 0 saturated carbocycles. The van der Waals surface area contributed by atoms with Crippen molar-refractivity contribution in [1.82, 2.24) is 0 Å². The minimum Gasteiger partial charge on any atom is -0.324 e. The van der Waals surface area contributed by atoms with Gasteiger partial charge >= 0.3 is 0 Å². The molecule has 2 aliphatic rings. The van der Waals surface area contributed by atoms with E-state index in [1.54, 1.807) is 0 Å². The Hall–Kier alpha value is -1.02. The van der Waals surface area contributed by atoms with Crippen LogP contribution < -0.4 is 0 Å². The number of halogens is 2. The van der Waals surface area contributed by atoms with Crippen molar-refractivity contribution in [3.63, 3.8) is 0 Å². The Bertz CT molecular complexity index is 724. The summed E-state index contributed by atoms with van der Waals surface area (Å²) in [6.07, 6.45) is 6.68. The molecule has 138 valence electrons. The largest absolute Gasteiger partial charge is 0.324 e. The van der Waals surface area contributed by atoms with E-state index in [1.807, 2.05) is 12.1 Å². The third-order valence-electron chi connectivity index (χ3n) is 7.00. The van der Waals surface area contributed by atoms with Crippen LogP contribution in [0.15, 0.2) is 48.5 Å².